The molecule has 2 N–H and O–H groups in total. The second kappa shape index (κ2) is 12.0. The average molecular weight is 531 g/mol. The first-order valence-electron chi connectivity index (χ1n) is 13.0. The van der Waals surface area contributed by atoms with Gasteiger partial charge in [-0.2, -0.15) is 0 Å². The minimum atomic E-state index is -0.437. The lowest BCUT2D eigenvalue weighted by Crippen LogP contribution is -2.20. The summed E-state index contributed by atoms with van der Waals surface area (Å²) in [5.74, 6) is -0.225. The lowest BCUT2D eigenvalue weighted by Gasteiger charge is -2.20. The molecular formula is C34H30N2O2S. The molecule has 0 aliphatic heterocycles. The number of hydrogen-bond donors (Lipinski definition) is 2. The van der Waals surface area contributed by atoms with Crippen molar-refractivity contribution >= 4 is 45.7 Å². The number of fused-ring (bicyclic) bond motifs is 1. The molecule has 5 heteroatoms. The third-order valence-electron chi connectivity index (χ3n) is 6.71. The Bertz CT molecular complexity index is 1610. The summed E-state index contributed by atoms with van der Waals surface area (Å²) in [4.78, 5) is 27.4. The van der Waals surface area contributed by atoms with Gasteiger partial charge < -0.3 is 10.6 Å². The summed E-state index contributed by atoms with van der Waals surface area (Å²) in [6, 6.07) is 37.2. The van der Waals surface area contributed by atoms with Crippen LogP contribution in [0.3, 0.4) is 0 Å². The van der Waals surface area contributed by atoms with Gasteiger partial charge in [0.1, 0.15) is 5.25 Å². The number of amides is 2. The first-order chi connectivity index (χ1) is 19.0. The van der Waals surface area contributed by atoms with Crippen molar-refractivity contribution < 1.29 is 9.59 Å². The zero-order valence-corrected chi connectivity index (χ0v) is 22.8. The molecule has 194 valence electrons. The van der Waals surface area contributed by atoms with Gasteiger partial charge in [-0.05, 0) is 77.2 Å². The van der Waals surface area contributed by atoms with E-state index in [4.69, 9.17) is 0 Å². The van der Waals surface area contributed by atoms with Crippen molar-refractivity contribution in [3.8, 4) is 0 Å². The smallest absolute Gasteiger partial charge is 0.255 e. The summed E-state index contributed by atoms with van der Waals surface area (Å²) in [6.45, 7) is 4.11. The SMILES string of the molecule is CCc1cccc(C)c1NC(=O)C(Sc1ccc(NC(=O)c2ccc3ccccc3c2)cc1)c1ccccc1. The number of hydrogen-bond acceptors (Lipinski definition) is 3. The van der Waals surface area contributed by atoms with E-state index in [2.05, 4.69) is 23.6 Å². The number of rotatable bonds is 8. The molecule has 2 amide bonds. The van der Waals surface area contributed by atoms with Crippen LogP contribution >= 0.6 is 11.8 Å². The monoisotopic (exact) mass is 530 g/mol. The van der Waals surface area contributed by atoms with Gasteiger partial charge in [0.15, 0.2) is 0 Å². The minimum absolute atomic E-state index is 0.0658. The quantitative estimate of drug-likeness (QED) is 0.198. The summed E-state index contributed by atoms with van der Waals surface area (Å²) >= 11 is 1.49. The van der Waals surface area contributed by atoms with Gasteiger partial charge in [-0.25, -0.2) is 0 Å². The molecule has 5 aromatic carbocycles. The Morgan fingerprint density at radius 3 is 2.21 bits per heavy atom. The summed E-state index contributed by atoms with van der Waals surface area (Å²) in [5, 5.41) is 7.87. The van der Waals surface area contributed by atoms with Crippen LogP contribution in [0.15, 0.2) is 120 Å². The predicted octanol–water partition coefficient (Wildman–Crippen LogP) is 8.44. The standard InChI is InChI=1S/C34H30N2O2S/c1-3-24-15-9-10-23(2)31(24)36-34(38)32(26-12-5-4-6-13-26)39-30-20-18-29(19-21-30)35-33(37)28-17-16-25-11-7-8-14-27(25)22-28/h4-22,32H,3H2,1-2H3,(H,35,37)(H,36,38). The van der Waals surface area contributed by atoms with Crippen molar-refractivity contribution in [1.29, 1.82) is 0 Å². The van der Waals surface area contributed by atoms with Crippen LogP contribution in [0, 0.1) is 6.92 Å². The second-order valence-corrected chi connectivity index (χ2v) is 10.6. The molecule has 5 aromatic rings. The highest BCUT2D eigenvalue weighted by Gasteiger charge is 2.23. The molecule has 0 aliphatic rings. The first kappa shape index (κ1) is 26.3. The number of thioether (sulfide) groups is 1. The molecule has 0 aliphatic carbocycles. The van der Waals surface area contributed by atoms with E-state index in [9.17, 15) is 9.59 Å². The Balaban J connectivity index is 1.32. The molecule has 0 fully saturated rings. The number of carbonyl (C=O) groups is 2. The second-order valence-electron chi connectivity index (χ2n) is 9.40. The highest BCUT2D eigenvalue weighted by atomic mass is 32.2. The Labute approximate surface area is 233 Å². The Morgan fingerprint density at radius 2 is 1.46 bits per heavy atom. The zero-order valence-electron chi connectivity index (χ0n) is 22.0. The maximum Gasteiger partial charge on any atom is 0.255 e. The van der Waals surface area contributed by atoms with Crippen LogP contribution in [0.2, 0.25) is 0 Å². The van der Waals surface area contributed by atoms with E-state index in [0.717, 1.165) is 44.5 Å². The van der Waals surface area contributed by atoms with Gasteiger partial charge in [0.05, 0.1) is 0 Å². The van der Waals surface area contributed by atoms with Crippen molar-refractivity contribution in [1.82, 2.24) is 0 Å². The normalized spacial score (nSPS) is 11.6. The van der Waals surface area contributed by atoms with Crippen LogP contribution < -0.4 is 10.6 Å². The van der Waals surface area contributed by atoms with Gasteiger partial charge >= 0.3 is 0 Å². The number of benzene rings is 5. The van der Waals surface area contributed by atoms with Gasteiger partial charge in [0.2, 0.25) is 5.91 Å². The highest BCUT2D eigenvalue weighted by molar-refractivity contribution is 8.00. The fraction of sp³-hybridized carbons (Fsp3) is 0.118. The van der Waals surface area contributed by atoms with Crippen molar-refractivity contribution in [2.75, 3.05) is 10.6 Å². The van der Waals surface area contributed by atoms with Gasteiger partial charge in [-0.15, -0.1) is 11.8 Å². The summed E-state index contributed by atoms with van der Waals surface area (Å²) in [6.07, 6.45) is 0.840. The average Bonchev–Trinajstić information content (AvgIpc) is 2.97. The largest absolute Gasteiger partial charge is 0.324 e. The first-order valence-corrected chi connectivity index (χ1v) is 13.9. The van der Waals surface area contributed by atoms with E-state index < -0.39 is 5.25 Å². The maximum absolute atomic E-state index is 13.6. The van der Waals surface area contributed by atoms with Crippen molar-refractivity contribution in [3.63, 3.8) is 0 Å². The van der Waals surface area contributed by atoms with Crippen molar-refractivity contribution in [2.24, 2.45) is 0 Å². The van der Waals surface area contributed by atoms with Gasteiger partial charge in [-0.1, -0.05) is 85.8 Å². The molecule has 1 atom stereocenters. The van der Waals surface area contributed by atoms with E-state index in [-0.39, 0.29) is 11.8 Å². The van der Waals surface area contributed by atoms with E-state index >= 15 is 0 Å². The molecule has 0 radical (unpaired) electrons. The van der Waals surface area contributed by atoms with E-state index in [1.807, 2.05) is 116 Å². The highest BCUT2D eigenvalue weighted by Crippen LogP contribution is 2.37. The van der Waals surface area contributed by atoms with E-state index in [1.54, 1.807) is 0 Å². The molecule has 0 saturated carbocycles. The lowest BCUT2D eigenvalue weighted by atomic mass is 10.1. The molecule has 0 heterocycles. The minimum Gasteiger partial charge on any atom is -0.324 e. The number of para-hydroxylation sites is 1. The fourth-order valence-corrected chi connectivity index (χ4v) is 5.60. The van der Waals surface area contributed by atoms with E-state index in [1.165, 1.54) is 11.8 Å². The van der Waals surface area contributed by atoms with Crippen LogP contribution in [-0.4, -0.2) is 11.8 Å². The van der Waals surface area contributed by atoms with Gasteiger partial charge in [0, 0.05) is 21.8 Å². The Morgan fingerprint density at radius 1 is 0.744 bits per heavy atom. The number of carbonyl (C=O) groups excluding carboxylic acids is 2. The summed E-state index contributed by atoms with van der Waals surface area (Å²) in [5.41, 5.74) is 5.29. The van der Waals surface area contributed by atoms with Crippen LogP contribution in [0.5, 0.6) is 0 Å². The third kappa shape index (κ3) is 6.21. The van der Waals surface area contributed by atoms with Crippen LogP contribution in [-0.2, 0) is 11.2 Å². The van der Waals surface area contributed by atoms with Crippen molar-refractivity contribution in [3.05, 3.63) is 138 Å². The molecule has 0 bridgehead atoms. The zero-order chi connectivity index (χ0) is 27.2. The fourth-order valence-electron chi connectivity index (χ4n) is 4.58. The molecule has 39 heavy (non-hydrogen) atoms. The van der Waals surface area contributed by atoms with Crippen molar-refractivity contribution in [2.45, 2.75) is 30.4 Å². The van der Waals surface area contributed by atoms with Gasteiger partial charge in [0.25, 0.3) is 5.91 Å². The Kier molecular flexibility index (Phi) is 8.09. The molecule has 0 spiro atoms. The number of aryl methyl sites for hydroxylation is 2. The van der Waals surface area contributed by atoms with Crippen LogP contribution in [0.1, 0.15) is 39.2 Å². The third-order valence-corrected chi connectivity index (χ3v) is 7.97. The summed E-state index contributed by atoms with van der Waals surface area (Å²) in [7, 11) is 0. The number of nitrogens with one attached hydrogen (secondary N) is 2. The molecule has 4 nitrogen and oxygen atoms in total. The topological polar surface area (TPSA) is 58.2 Å². The van der Waals surface area contributed by atoms with Gasteiger partial charge in [-0.3, -0.25) is 9.59 Å². The van der Waals surface area contributed by atoms with Crippen LogP contribution in [0.25, 0.3) is 10.8 Å². The molecule has 0 saturated heterocycles. The van der Waals surface area contributed by atoms with Crippen LogP contribution in [0.4, 0.5) is 11.4 Å². The molecule has 0 aromatic heterocycles. The van der Waals surface area contributed by atoms with E-state index in [0.29, 0.717) is 11.3 Å². The molecule has 5 rings (SSSR count). The molecular weight excluding hydrogens is 500 g/mol. The number of anilines is 2. The Hall–Kier alpha value is -4.35. The lowest BCUT2D eigenvalue weighted by molar-refractivity contribution is -0.115. The maximum atomic E-state index is 13.6. The molecule has 1 unspecified atom stereocenters. The summed E-state index contributed by atoms with van der Waals surface area (Å²) < 4.78 is 0. The predicted molar refractivity (Wildman–Crippen MR) is 163 cm³/mol.